The van der Waals surface area contributed by atoms with Crippen molar-refractivity contribution in [2.45, 2.75) is 0 Å². The lowest BCUT2D eigenvalue weighted by Gasteiger charge is -2.03. The zero-order chi connectivity index (χ0) is 13.0. The van der Waals surface area contributed by atoms with Crippen LogP contribution in [-0.4, -0.2) is 18.4 Å². The number of rotatable bonds is 3. The third kappa shape index (κ3) is 2.95. The molecule has 0 bridgehead atoms. The van der Waals surface area contributed by atoms with Crippen LogP contribution in [0.3, 0.4) is 0 Å². The van der Waals surface area contributed by atoms with Gasteiger partial charge in [0.05, 0.1) is 13.3 Å². The largest absolute Gasteiger partial charge is 0.497 e. The van der Waals surface area contributed by atoms with Crippen LogP contribution in [0.2, 0.25) is 0 Å². The van der Waals surface area contributed by atoms with Crippen LogP contribution >= 0.6 is 12.2 Å². The molecule has 0 spiro atoms. The molecular weight excluding hydrogens is 246 g/mol. The van der Waals surface area contributed by atoms with Gasteiger partial charge in [0, 0.05) is 0 Å². The van der Waals surface area contributed by atoms with E-state index in [-0.39, 0.29) is 5.11 Å². The topological polar surface area (TPSA) is 59.6 Å². The minimum Gasteiger partial charge on any atom is -0.497 e. The van der Waals surface area contributed by atoms with Gasteiger partial charge in [-0.15, -0.1) is 0 Å². The number of hydrogen-bond acceptors (Lipinski definition) is 3. The first-order valence-corrected chi connectivity index (χ1v) is 5.76. The molecule has 4 nitrogen and oxygen atoms in total. The molecule has 0 radical (unpaired) electrons. The van der Waals surface area contributed by atoms with Crippen molar-refractivity contribution in [3.63, 3.8) is 0 Å². The van der Waals surface area contributed by atoms with Crippen LogP contribution in [0.15, 0.2) is 41.5 Å². The number of benzene rings is 2. The van der Waals surface area contributed by atoms with Gasteiger partial charge in [0.15, 0.2) is 5.11 Å². The van der Waals surface area contributed by atoms with Crippen LogP contribution in [0.5, 0.6) is 5.75 Å². The molecule has 2 rings (SSSR count). The standard InChI is InChI=1S/C13H13N3OS/c1-17-12-5-4-10-6-9(2-3-11(10)7-12)8-15-16-13(14)18/h2-8H,1H3,(H3,14,16,18). The first kappa shape index (κ1) is 12.3. The van der Waals surface area contributed by atoms with E-state index in [2.05, 4.69) is 22.7 Å². The molecule has 0 amide bonds. The van der Waals surface area contributed by atoms with Crippen molar-refractivity contribution in [3.05, 3.63) is 42.0 Å². The molecule has 0 saturated carbocycles. The summed E-state index contributed by atoms with van der Waals surface area (Å²) in [5.41, 5.74) is 8.76. The summed E-state index contributed by atoms with van der Waals surface area (Å²) in [4.78, 5) is 0. The smallest absolute Gasteiger partial charge is 0.184 e. The number of nitrogens with zero attached hydrogens (tertiary/aromatic N) is 1. The van der Waals surface area contributed by atoms with Gasteiger partial charge in [-0.2, -0.15) is 5.10 Å². The molecule has 92 valence electrons. The minimum absolute atomic E-state index is 0.150. The normalized spacial score (nSPS) is 10.7. The molecule has 0 fully saturated rings. The summed E-state index contributed by atoms with van der Waals surface area (Å²) in [5, 5.41) is 6.31. The van der Waals surface area contributed by atoms with Gasteiger partial charge >= 0.3 is 0 Å². The highest BCUT2D eigenvalue weighted by molar-refractivity contribution is 7.80. The summed E-state index contributed by atoms with van der Waals surface area (Å²) < 4.78 is 5.18. The van der Waals surface area contributed by atoms with Gasteiger partial charge in [-0.1, -0.05) is 18.2 Å². The molecule has 0 saturated heterocycles. The van der Waals surface area contributed by atoms with Crippen LogP contribution in [0.4, 0.5) is 0 Å². The molecule has 2 aromatic carbocycles. The molecule has 0 unspecified atom stereocenters. The quantitative estimate of drug-likeness (QED) is 0.503. The third-order valence-electron chi connectivity index (χ3n) is 2.46. The monoisotopic (exact) mass is 259 g/mol. The van der Waals surface area contributed by atoms with Gasteiger partial charge in [0.1, 0.15) is 5.75 Å². The molecule has 0 aliphatic rings. The first-order chi connectivity index (χ1) is 8.69. The molecule has 18 heavy (non-hydrogen) atoms. The zero-order valence-electron chi connectivity index (χ0n) is 9.88. The molecule has 0 aliphatic carbocycles. The predicted molar refractivity (Wildman–Crippen MR) is 78.0 cm³/mol. The summed E-state index contributed by atoms with van der Waals surface area (Å²) >= 11 is 4.65. The average molecular weight is 259 g/mol. The number of hydrazone groups is 1. The molecule has 2 aromatic rings. The fraction of sp³-hybridized carbons (Fsp3) is 0.0769. The van der Waals surface area contributed by atoms with Gasteiger partial charge in [-0.25, -0.2) is 0 Å². The second kappa shape index (κ2) is 5.46. The predicted octanol–water partition coefficient (Wildman–Crippen LogP) is 2.02. The molecule has 5 heteroatoms. The highest BCUT2D eigenvalue weighted by Gasteiger charge is 1.97. The number of methoxy groups -OCH3 is 1. The summed E-state index contributed by atoms with van der Waals surface area (Å²) in [5.74, 6) is 0.846. The van der Waals surface area contributed by atoms with E-state index >= 15 is 0 Å². The lowest BCUT2D eigenvalue weighted by Crippen LogP contribution is -2.23. The van der Waals surface area contributed by atoms with Crippen LogP contribution in [-0.2, 0) is 0 Å². The summed E-state index contributed by atoms with van der Waals surface area (Å²) in [6, 6.07) is 11.9. The Bertz CT molecular complexity index is 610. The van der Waals surface area contributed by atoms with E-state index < -0.39 is 0 Å². The fourth-order valence-electron chi connectivity index (χ4n) is 1.62. The maximum absolute atomic E-state index is 5.27. The summed E-state index contributed by atoms with van der Waals surface area (Å²) in [7, 11) is 1.66. The molecule has 0 atom stereocenters. The van der Waals surface area contributed by atoms with Crippen LogP contribution < -0.4 is 15.9 Å². The van der Waals surface area contributed by atoms with Crippen LogP contribution in [0.1, 0.15) is 5.56 Å². The highest BCUT2D eigenvalue weighted by Crippen LogP contribution is 2.21. The van der Waals surface area contributed by atoms with Gasteiger partial charge in [-0.05, 0) is 46.8 Å². The van der Waals surface area contributed by atoms with Crippen molar-refractivity contribution in [3.8, 4) is 5.75 Å². The fourth-order valence-corrected chi connectivity index (χ4v) is 1.67. The van der Waals surface area contributed by atoms with E-state index in [1.165, 1.54) is 0 Å². The Hall–Kier alpha value is -2.14. The number of thiocarbonyl (C=S) groups is 1. The van der Waals surface area contributed by atoms with Crippen molar-refractivity contribution >= 4 is 34.3 Å². The van der Waals surface area contributed by atoms with Gasteiger partial charge in [0.2, 0.25) is 0 Å². The summed E-state index contributed by atoms with van der Waals surface area (Å²) in [6.07, 6.45) is 1.67. The van der Waals surface area contributed by atoms with Crippen molar-refractivity contribution in [2.24, 2.45) is 10.8 Å². The second-order valence-corrected chi connectivity index (χ2v) is 4.15. The van der Waals surface area contributed by atoms with Gasteiger partial charge < -0.3 is 10.5 Å². The van der Waals surface area contributed by atoms with E-state index in [1.54, 1.807) is 13.3 Å². The summed E-state index contributed by atoms with van der Waals surface area (Å²) in [6.45, 7) is 0. The van der Waals surface area contributed by atoms with Gasteiger partial charge in [0.25, 0.3) is 0 Å². The Balaban J connectivity index is 2.27. The Morgan fingerprint density at radius 1 is 1.28 bits per heavy atom. The molecule has 0 heterocycles. The Morgan fingerprint density at radius 2 is 2.00 bits per heavy atom. The number of nitrogens with one attached hydrogen (secondary N) is 1. The minimum atomic E-state index is 0.150. The number of nitrogens with two attached hydrogens (primary N) is 1. The third-order valence-corrected chi connectivity index (χ3v) is 2.55. The van der Waals surface area contributed by atoms with E-state index in [4.69, 9.17) is 10.5 Å². The highest BCUT2D eigenvalue weighted by atomic mass is 32.1. The van der Waals surface area contributed by atoms with E-state index in [0.29, 0.717) is 0 Å². The first-order valence-electron chi connectivity index (χ1n) is 5.35. The Kier molecular flexibility index (Phi) is 3.74. The van der Waals surface area contributed by atoms with Crippen molar-refractivity contribution in [1.82, 2.24) is 5.43 Å². The zero-order valence-corrected chi connectivity index (χ0v) is 10.7. The average Bonchev–Trinajstić information content (AvgIpc) is 2.37. The molecule has 0 aliphatic heterocycles. The van der Waals surface area contributed by atoms with Gasteiger partial charge in [-0.3, -0.25) is 5.43 Å². The number of ether oxygens (including phenoxy) is 1. The van der Waals surface area contributed by atoms with Crippen molar-refractivity contribution in [1.29, 1.82) is 0 Å². The van der Waals surface area contributed by atoms with Crippen molar-refractivity contribution < 1.29 is 4.74 Å². The van der Waals surface area contributed by atoms with Crippen LogP contribution in [0.25, 0.3) is 10.8 Å². The maximum Gasteiger partial charge on any atom is 0.184 e. The van der Waals surface area contributed by atoms with Crippen LogP contribution in [0, 0.1) is 0 Å². The van der Waals surface area contributed by atoms with E-state index in [1.807, 2.05) is 36.4 Å². The maximum atomic E-state index is 5.27. The Labute approximate surface area is 110 Å². The lowest BCUT2D eigenvalue weighted by atomic mass is 10.1. The molecule has 3 N–H and O–H groups in total. The second-order valence-electron chi connectivity index (χ2n) is 3.71. The number of fused-ring (bicyclic) bond motifs is 1. The van der Waals surface area contributed by atoms with E-state index in [0.717, 1.165) is 22.1 Å². The molecule has 0 aromatic heterocycles. The van der Waals surface area contributed by atoms with Crippen molar-refractivity contribution in [2.75, 3.05) is 7.11 Å². The van der Waals surface area contributed by atoms with E-state index in [9.17, 15) is 0 Å². The molecular formula is C13H13N3OS. The number of hydrogen-bond donors (Lipinski definition) is 2. The SMILES string of the molecule is COc1ccc2cc(C=NNC(N)=S)ccc2c1. The Morgan fingerprint density at radius 3 is 2.72 bits per heavy atom. The lowest BCUT2D eigenvalue weighted by molar-refractivity contribution is 0.415.